The van der Waals surface area contributed by atoms with E-state index in [1.165, 1.54) is 0 Å². The lowest BCUT2D eigenvalue weighted by molar-refractivity contribution is -0.144. The van der Waals surface area contributed by atoms with Gasteiger partial charge in [0.25, 0.3) is 0 Å². The van der Waals surface area contributed by atoms with Crippen LogP contribution in [0.25, 0.3) is 11.3 Å². The van der Waals surface area contributed by atoms with Crippen LogP contribution in [0.1, 0.15) is 51.2 Å². The summed E-state index contributed by atoms with van der Waals surface area (Å²) < 4.78 is 5.59. The molecule has 148 valence electrons. The second kappa shape index (κ2) is 7.78. The minimum Gasteiger partial charge on any atom is -0.361 e. The first-order chi connectivity index (χ1) is 13.6. The highest BCUT2D eigenvalue weighted by atomic mass is 16.5. The van der Waals surface area contributed by atoms with Gasteiger partial charge in [-0.15, -0.1) is 0 Å². The molecule has 2 aliphatic rings. The van der Waals surface area contributed by atoms with E-state index in [0.717, 1.165) is 43.4 Å². The van der Waals surface area contributed by atoms with E-state index < -0.39 is 5.54 Å². The van der Waals surface area contributed by atoms with E-state index in [2.05, 4.69) is 10.5 Å². The number of amides is 2. The first-order valence-corrected chi connectivity index (χ1v) is 10.2. The van der Waals surface area contributed by atoms with Gasteiger partial charge in [-0.3, -0.25) is 9.59 Å². The van der Waals surface area contributed by atoms with E-state index in [1.807, 2.05) is 36.4 Å². The highest BCUT2D eigenvalue weighted by molar-refractivity contribution is 5.92. The Labute approximate surface area is 165 Å². The molecule has 6 nitrogen and oxygen atoms in total. The van der Waals surface area contributed by atoms with Gasteiger partial charge in [0.05, 0.1) is 0 Å². The number of carbonyl (C=O) groups excluding carboxylic acids is 2. The Hall–Kier alpha value is -2.63. The monoisotopic (exact) mass is 381 g/mol. The lowest BCUT2D eigenvalue weighted by Crippen LogP contribution is -2.59. The van der Waals surface area contributed by atoms with Crippen molar-refractivity contribution in [3.63, 3.8) is 0 Å². The molecular weight excluding hydrogens is 354 g/mol. The zero-order valence-corrected chi connectivity index (χ0v) is 16.3. The first kappa shape index (κ1) is 18.7. The molecule has 6 heteroatoms. The van der Waals surface area contributed by atoms with Crippen molar-refractivity contribution >= 4 is 11.8 Å². The van der Waals surface area contributed by atoms with Gasteiger partial charge in [-0.1, -0.05) is 48.3 Å². The molecule has 1 atom stereocenters. The molecule has 4 rings (SSSR count). The number of hydrogen-bond acceptors (Lipinski definition) is 4. The van der Waals surface area contributed by atoms with E-state index in [-0.39, 0.29) is 17.9 Å². The van der Waals surface area contributed by atoms with Crippen molar-refractivity contribution in [2.45, 2.75) is 63.5 Å². The largest absolute Gasteiger partial charge is 0.361 e. The van der Waals surface area contributed by atoms with E-state index in [0.29, 0.717) is 25.1 Å². The minimum absolute atomic E-state index is 0.0511. The molecule has 0 bridgehead atoms. The summed E-state index contributed by atoms with van der Waals surface area (Å²) in [6, 6.07) is 11.9. The molecule has 2 heterocycles. The SMILES string of the molecule is CC(=O)N1CCC[C@]1(Cc1cc(-c2ccccc2)no1)C(=O)NC1CCCC1. The van der Waals surface area contributed by atoms with Crippen LogP contribution in [0.5, 0.6) is 0 Å². The van der Waals surface area contributed by atoms with Crippen LogP contribution < -0.4 is 5.32 Å². The number of nitrogens with one attached hydrogen (secondary N) is 1. The molecule has 28 heavy (non-hydrogen) atoms. The number of carbonyl (C=O) groups is 2. The summed E-state index contributed by atoms with van der Waals surface area (Å²) in [5.74, 6) is 0.514. The Morgan fingerprint density at radius 3 is 2.68 bits per heavy atom. The van der Waals surface area contributed by atoms with Gasteiger partial charge in [-0.25, -0.2) is 0 Å². The highest BCUT2D eigenvalue weighted by Crippen LogP contribution is 2.35. The van der Waals surface area contributed by atoms with E-state index in [9.17, 15) is 9.59 Å². The molecule has 2 amide bonds. The molecule has 1 N–H and O–H groups in total. The van der Waals surface area contributed by atoms with E-state index in [1.54, 1.807) is 11.8 Å². The molecule has 1 saturated heterocycles. The fourth-order valence-electron chi connectivity index (χ4n) is 4.66. The Morgan fingerprint density at radius 1 is 1.21 bits per heavy atom. The summed E-state index contributed by atoms with van der Waals surface area (Å²) in [7, 11) is 0. The molecule has 0 radical (unpaired) electrons. The molecule has 0 unspecified atom stereocenters. The van der Waals surface area contributed by atoms with Gasteiger partial charge in [0.1, 0.15) is 17.0 Å². The Kier molecular flexibility index (Phi) is 5.20. The Bertz CT molecular complexity index is 842. The van der Waals surface area contributed by atoms with Crippen LogP contribution in [-0.2, 0) is 16.0 Å². The van der Waals surface area contributed by atoms with Crippen LogP contribution in [0.3, 0.4) is 0 Å². The first-order valence-electron chi connectivity index (χ1n) is 10.2. The Morgan fingerprint density at radius 2 is 1.96 bits per heavy atom. The van der Waals surface area contributed by atoms with Crippen molar-refractivity contribution in [1.82, 2.24) is 15.4 Å². The van der Waals surface area contributed by atoms with Crippen LogP contribution >= 0.6 is 0 Å². The molecule has 1 saturated carbocycles. The summed E-state index contributed by atoms with van der Waals surface area (Å²) in [6.07, 6.45) is 6.15. The predicted molar refractivity (Wildman–Crippen MR) is 105 cm³/mol. The second-order valence-electron chi connectivity index (χ2n) is 7.98. The molecule has 2 fully saturated rings. The van der Waals surface area contributed by atoms with Gasteiger partial charge in [-0.2, -0.15) is 0 Å². The maximum Gasteiger partial charge on any atom is 0.246 e. The van der Waals surface area contributed by atoms with Crippen LogP contribution in [0.15, 0.2) is 40.9 Å². The van der Waals surface area contributed by atoms with Crippen molar-refractivity contribution in [3.8, 4) is 11.3 Å². The lowest BCUT2D eigenvalue weighted by atomic mass is 9.88. The maximum atomic E-state index is 13.4. The topological polar surface area (TPSA) is 75.4 Å². The van der Waals surface area contributed by atoms with E-state index in [4.69, 9.17) is 4.52 Å². The van der Waals surface area contributed by atoms with Crippen molar-refractivity contribution in [2.75, 3.05) is 6.54 Å². The van der Waals surface area contributed by atoms with Crippen molar-refractivity contribution < 1.29 is 14.1 Å². The summed E-state index contributed by atoms with van der Waals surface area (Å²) in [5.41, 5.74) is 0.827. The van der Waals surface area contributed by atoms with Crippen LogP contribution in [0, 0.1) is 0 Å². The third kappa shape index (κ3) is 3.55. The van der Waals surface area contributed by atoms with E-state index >= 15 is 0 Å². The van der Waals surface area contributed by atoms with Gasteiger partial charge in [0.15, 0.2) is 0 Å². The Balaban J connectivity index is 1.60. The zero-order valence-electron chi connectivity index (χ0n) is 16.3. The molecule has 1 aromatic carbocycles. The third-order valence-electron chi connectivity index (χ3n) is 6.08. The number of benzene rings is 1. The number of likely N-dealkylation sites (tertiary alicyclic amines) is 1. The van der Waals surface area contributed by atoms with Crippen molar-refractivity contribution in [1.29, 1.82) is 0 Å². The van der Waals surface area contributed by atoms with Crippen LogP contribution in [0.4, 0.5) is 0 Å². The summed E-state index contributed by atoms with van der Waals surface area (Å²) in [6.45, 7) is 2.14. The van der Waals surface area contributed by atoms with Crippen LogP contribution in [0.2, 0.25) is 0 Å². The molecule has 1 aliphatic heterocycles. The molecular formula is C22H27N3O3. The number of aromatic nitrogens is 1. The van der Waals surface area contributed by atoms with Gasteiger partial charge < -0.3 is 14.7 Å². The standard InChI is InChI=1S/C22H27N3O3/c1-16(26)25-13-7-12-22(25,21(27)23-18-10-5-6-11-18)15-19-14-20(24-28-19)17-8-3-2-4-9-17/h2-4,8-9,14,18H,5-7,10-13,15H2,1H3,(H,23,27)/t22-/m0/s1. The normalized spacial score (nSPS) is 22.5. The zero-order chi connectivity index (χ0) is 19.6. The number of rotatable bonds is 5. The summed E-state index contributed by atoms with van der Waals surface area (Å²) in [4.78, 5) is 27.4. The van der Waals surface area contributed by atoms with Crippen LogP contribution in [-0.4, -0.2) is 40.0 Å². The predicted octanol–water partition coefficient (Wildman–Crippen LogP) is 3.32. The summed E-state index contributed by atoms with van der Waals surface area (Å²) >= 11 is 0. The minimum atomic E-state index is -0.887. The second-order valence-corrected chi connectivity index (χ2v) is 7.98. The summed E-state index contributed by atoms with van der Waals surface area (Å²) in [5, 5.41) is 7.39. The molecule has 1 aliphatic carbocycles. The number of nitrogens with zero attached hydrogens (tertiary/aromatic N) is 2. The van der Waals surface area contributed by atoms with Gasteiger partial charge >= 0.3 is 0 Å². The average molecular weight is 381 g/mol. The average Bonchev–Trinajstić information content (AvgIpc) is 3.44. The smallest absolute Gasteiger partial charge is 0.246 e. The molecule has 0 spiro atoms. The third-order valence-corrected chi connectivity index (χ3v) is 6.08. The molecule has 2 aromatic rings. The quantitative estimate of drug-likeness (QED) is 0.862. The van der Waals surface area contributed by atoms with Gasteiger partial charge in [0, 0.05) is 37.6 Å². The van der Waals surface area contributed by atoms with Crippen molar-refractivity contribution in [3.05, 3.63) is 42.2 Å². The fraction of sp³-hybridized carbons (Fsp3) is 0.500. The lowest BCUT2D eigenvalue weighted by Gasteiger charge is -2.37. The molecule has 1 aromatic heterocycles. The fourth-order valence-corrected chi connectivity index (χ4v) is 4.66. The highest BCUT2D eigenvalue weighted by Gasteiger charge is 2.50. The maximum absolute atomic E-state index is 13.4. The number of hydrogen-bond donors (Lipinski definition) is 1. The van der Waals surface area contributed by atoms with Crippen molar-refractivity contribution in [2.24, 2.45) is 0 Å². The van der Waals surface area contributed by atoms with Gasteiger partial charge in [0.2, 0.25) is 11.8 Å². The van der Waals surface area contributed by atoms with Gasteiger partial charge in [-0.05, 0) is 25.7 Å².